The average molecular weight is 564 g/mol. The third kappa shape index (κ3) is 5.90. The largest absolute Gasteiger partial charge is 0.480 e. The second-order valence-electron chi connectivity index (χ2n) is 9.58. The van der Waals surface area contributed by atoms with Crippen molar-refractivity contribution in [3.05, 3.63) is 78.1 Å². The van der Waals surface area contributed by atoms with Crippen molar-refractivity contribution in [2.24, 2.45) is 5.92 Å². The van der Waals surface area contributed by atoms with E-state index in [1.807, 2.05) is 0 Å². The molecule has 4 rings (SSSR count). The Morgan fingerprint density at radius 3 is 2.05 bits per heavy atom. The van der Waals surface area contributed by atoms with Crippen LogP contribution in [0.4, 0.5) is 17.1 Å². The molecular formula is C29H29N3O7S. The second kappa shape index (κ2) is 11.7. The highest BCUT2D eigenvalue weighted by Gasteiger charge is 2.32. The molecule has 1 aromatic heterocycles. The maximum absolute atomic E-state index is 13.0. The van der Waals surface area contributed by atoms with Crippen LogP contribution in [0.15, 0.2) is 71.1 Å². The Bertz CT molecular complexity index is 1590. The van der Waals surface area contributed by atoms with Crippen LogP contribution in [0.25, 0.3) is 22.1 Å². The molecule has 2 unspecified atom stereocenters. The first-order valence-corrected chi connectivity index (χ1v) is 13.5. The number of aryl methyl sites for hydroxylation is 1. The van der Waals surface area contributed by atoms with Crippen LogP contribution in [0.5, 0.6) is 0 Å². The maximum atomic E-state index is 13.0. The van der Waals surface area contributed by atoms with Crippen LogP contribution >= 0.6 is 0 Å². The first kappa shape index (κ1) is 28.5. The molecule has 2 atom stereocenters. The van der Waals surface area contributed by atoms with Crippen LogP contribution in [0.1, 0.15) is 36.9 Å². The number of carboxylic acid groups (broad SMARTS) is 1. The van der Waals surface area contributed by atoms with E-state index < -0.39 is 35.1 Å². The number of rotatable bonds is 9. The standard InChI is InChI=1S/C29H29N3O7S/c1-16(2)26(29(35)36)32(40(37)38)22-14-10-20(11-15-22)19-8-12-21(13-9-19)31-28(34)27-17(3)25-23(30-18(4)33)6-5-7-24(25)39-27/h5-16,26H,1-4H3,(H,30,33)(H,31,34)(H,35,36)(H,37,38). The smallest absolute Gasteiger partial charge is 0.327 e. The first-order chi connectivity index (χ1) is 19.0. The van der Waals surface area contributed by atoms with E-state index >= 15 is 0 Å². The summed E-state index contributed by atoms with van der Waals surface area (Å²) < 4.78 is 28.5. The van der Waals surface area contributed by atoms with Gasteiger partial charge >= 0.3 is 5.97 Å². The molecule has 4 aromatic rings. The van der Waals surface area contributed by atoms with E-state index in [1.165, 1.54) is 6.92 Å². The topological polar surface area (TPSA) is 149 Å². The van der Waals surface area contributed by atoms with Gasteiger partial charge in [-0.25, -0.2) is 9.00 Å². The van der Waals surface area contributed by atoms with Crippen LogP contribution in [-0.4, -0.2) is 37.7 Å². The molecule has 0 radical (unpaired) electrons. The van der Waals surface area contributed by atoms with Gasteiger partial charge in [0.2, 0.25) is 5.91 Å². The normalized spacial score (nSPS) is 12.7. The molecular weight excluding hydrogens is 534 g/mol. The second-order valence-corrected chi connectivity index (χ2v) is 10.4. The summed E-state index contributed by atoms with van der Waals surface area (Å²) in [6.07, 6.45) is 0. The van der Waals surface area contributed by atoms with Crippen molar-refractivity contribution < 1.29 is 32.7 Å². The third-order valence-corrected chi connectivity index (χ3v) is 7.15. The molecule has 208 valence electrons. The summed E-state index contributed by atoms with van der Waals surface area (Å²) in [5.74, 6) is -2.12. The lowest BCUT2D eigenvalue weighted by atomic mass is 10.0. The Hall–Kier alpha value is -4.48. The minimum atomic E-state index is -2.53. The van der Waals surface area contributed by atoms with Crippen molar-refractivity contribution in [2.45, 2.75) is 33.7 Å². The molecule has 0 aliphatic carbocycles. The van der Waals surface area contributed by atoms with Gasteiger partial charge in [0.25, 0.3) is 17.2 Å². The highest BCUT2D eigenvalue weighted by molar-refractivity contribution is 7.80. The number of carboxylic acids is 1. The highest BCUT2D eigenvalue weighted by Crippen LogP contribution is 2.32. The van der Waals surface area contributed by atoms with E-state index in [9.17, 15) is 28.3 Å². The molecule has 0 saturated heterocycles. The van der Waals surface area contributed by atoms with E-state index in [-0.39, 0.29) is 11.7 Å². The molecule has 40 heavy (non-hydrogen) atoms. The predicted octanol–water partition coefficient (Wildman–Crippen LogP) is 5.67. The number of hydrogen-bond donors (Lipinski definition) is 4. The summed E-state index contributed by atoms with van der Waals surface area (Å²) in [6.45, 7) is 6.51. The van der Waals surface area contributed by atoms with E-state index in [0.717, 1.165) is 15.4 Å². The molecule has 2 amide bonds. The van der Waals surface area contributed by atoms with E-state index in [4.69, 9.17) is 4.42 Å². The Morgan fingerprint density at radius 1 is 0.925 bits per heavy atom. The molecule has 4 N–H and O–H groups in total. The molecule has 0 aliphatic rings. The molecule has 11 heteroatoms. The number of nitrogens with one attached hydrogen (secondary N) is 2. The third-order valence-electron chi connectivity index (χ3n) is 6.37. The van der Waals surface area contributed by atoms with Crippen molar-refractivity contribution in [2.75, 3.05) is 14.9 Å². The molecule has 10 nitrogen and oxygen atoms in total. The molecule has 3 aromatic carbocycles. The fraction of sp³-hybridized carbons (Fsp3) is 0.207. The number of anilines is 3. The van der Waals surface area contributed by atoms with Crippen molar-refractivity contribution in [1.29, 1.82) is 0 Å². The van der Waals surface area contributed by atoms with Crippen molar-refractivity contribution in [1.82, 2.24) is 0 Å². The van der Waals surface area contributed by atoms with Gasteiger partial charge in [-0.15, -0.1) is 0 Å². The van der Waals surface area contributed by atoms with Crippen molar-refractivity contribution in [3.8, 4) is 11.1 Å². The van der Waals surface area contributed by atoms with Crippen LogP contribution in [0.2, 0.25) is 0 Å². The zero-order valence-corrected chi connectivity index (χ0v) is 23.1. The molecule has 0 spiro atoms. The lowest BCUT2D eigenvalue weighted by molar-refractivity contribution is -0.139. The van der Waals surface area contributed by atoms with Gasteiger partial charge in [-0.2, -0.15) is 0 Å². The fourth-order valence-corrected chi connectivity index (χ4v) is 5.38. The minimum Gasteiger partial charge on any atom is -0.480 e. The molecule has 0 saturated carbocycles. The van der Waals surface area contributed by atoms with E-state index in [1.54, 1.807) is 87.5 Å². The monoisotopic (exact) mass is 563 g/mol. The number of furan rings is 1. The molecule has 0 fully saturated rings. The predicted molar refractivity (Wildman–Crippen MR) is 155 cm³/mol. The van der Waals surface area contributed by atoms with Crippen LogP contribution in [-0.2, 0) is 20.9 Å². The number of fused-ring (bicyclic) bond motifs is 1. The van der Waals surface area contributed by atoms with Gasteiger partial charge in [0.05, 0.1) is 11.4 Å². The van der Waals surface area contributed by atoms with Gasteiger partial charge in [-0.05, 0) is 60.4 Å². The molecule has 0 bridgehead atoms. The Balaban J connectivity index is 1.52. The van der Waals surface area contributed by atoms with E-state index in [2.05, 4.69) is 10.6 Å². The zero-order valence-electron chi connectivity index (χ0n) is 22.3. The Morgan fingerprint density at radius 2 is 1.52 bits per heavy atom. The summed E-state index contributed by atoms with van der Waals surface area (Å²) >= 11 is -2.53. The van der Waals surface area contributed by atoms with Gasteiger partial charge in [-0.3, -0.25) is 18.4 Å². The minimum absolute atomic E-state index is 0.138. The summed E-state index contributed by atoms with van der Waals surface area (Å²) in [5.41, 5.74) is 4.11. The lowest BCUT2D eigenvalue weighted by Crippen LogP contribution is -2.45. The number of carbonyl (C=O) groups is 3. The highest BCUT2D eigenvalue weighted by atomic mass is 32.2. The molecule has 1 heterocycles. The zero-order chi connectivity index (χ0) is 29.1. The van der Waals surface area contributed by atoms with Gasteiger partial charge in [0, 0.05) is 23.6 Å². The number of aliphatic carboxylic acids is 1. The molecule has 0 aliphatic heterocycles. The van der Waals surface area contributed by atoms with Gasteiger partial charge < -0.3 is 20.2 Å². The average Bonchev–Trinajstić information content (AvgIpc) is 3.24. The van der Waals surface area contributed by atoms with Gasteiger partial charge in [0.1, 0.15) is 11.6 Å². The van der Waals surface area contributed by atoms with Gasteiger partial charge in [0.15, 0.2) is 5.76 Å². The van der Waals surface area contributed by atoms with Crippen molar-refractivity contribution >= 4 is 57.1 Å². The maximum Gasteiger partial charge on any atom is 0.327 e. The van der Waals surface area contributed by atoms with Crippen molar-refractivity contribution in [3.63, 3.8) is 0 Å². The van der Waals surface area contributed by atoms with Gasteiger partial charge in [-0.1, -0.05) is 44.2 Å². The number of carbonyl (C=O) groups excluding carboxylic acids is 2. The summed E-state index contributed by atoms with van der Waals surface area (Å²) in [5, 5.41) is 15.8. The summed E-state index contributed by atoms with van der Waals surface area (Å²) in [4.78, 5) is 36.3. The fourth-order valence-electron chi connectivity index (χ4n) is 4.55. The number of nitrogens with zero attached hydrogens (tertiary/aromatic N) is 1. The first-order valence-electron chi connectivity index (χ1n) is 12.4. The Labute approximate surface area is 233 Å². The van der Waals surface area contributed by atoms with E-state index in [0.29, 0.717) is 33.6 Å². The van der Waals surface area contributed by atoms with Crippen LogP contribution in [0, 0.1) is 12.8 Å². The SMILES string of the molecule is CC(=O)Nc1cccc2oc(C(=O)Nc3ccc(-c4ccc(N(C(C(=O)O)C(C)C)S(=O)O)cc4)cc3)c(C)c12. The number of hydrogen-bond acceptors (Lipinski definition) is 5. The summed E-state index contributed by atoms with van der Waals surface area (Å²) in [6, 6.07) is 17.8. The Kier molecular flexibility index (Phi) is 8.36. The summed E-state index contributed by atoms with van der Waals surface area (Å²) in [7, 11) is 0. The number of amides is 2. The lowest BCUT2D eigenvalue weighted by Gasteiger charge is -2.29. The van der Waals surface area contributed by atoms with Crippen LogP contribution < -0.4 is 14.9 Å². The van der Waals surface area contributed by atoms with Crippen LogP contribution in [0.3, 0.4) is 0 Å². The number of benzene rings is 3. The quantitative estimate of drug-likeness (QED) is 0.192.